The molecule has 136 valence electrons. The van der Waals surface area contributed by atoms with Crippen molar-refractivity contribution in [2.24, 2.45) is 0 Å². The second-order valence-electron chi connectivity index (χ2n) is 6.32. The summed E-state index contributed by atoms with van der Waals surface area (Å²) in [6.07, 6.45) is 3.19. The normalized spacial score (nSPS) is 16.6. The van der Waals surface area contributed by atoms with Gasteiger partial charge in [0.15, 0.2) is 0 Å². The van der Waals surface area contributed by atoms with Crippen molar-refractivity contribution in [3.8, 4) is 0 Å². The molecule has 7 heteroatoms. The summed E-state index contributed by atoms with van der Waals surface area (Å²) in [4.78, 5) is 29.7. The lowest BCUT2D eigenvalue weighted by Crippen LogP contribution is -2.31. The zero-order valence-corrected chi connectivity index (χ0v) is 14.3. The number of nitrogens with zero attached hydrogens (tertiary/aromatic N) is 2. The average molecular weight is 359 g/mol. The Balaban J connectivity index is 1.77. The third-order valence-electron chi connectivity index (χ3n) is 4.35. The maximum absolute atomic E-state index is 13.4. The summed E-state index contributed by atoms with van der Waals surface area (Å²) in [5.74, 6) is -2.08. The van der Waals surface area contributed by atoms with Gasteiger partial charge in [0.25, 0.3) is 5.91 Å². The molecular weight excluding hydrogens is 340 g/mol. The van der Waals surface area contributed by atoms with E-state index in [0.717, 1.165) is 42.3 Å². The fraction of sp³-hybridized carbons (Fsp3) is 0.316. The smallest absolute Gasteiger partial charge is 0.254 e. The standard InChI is InChI=1S/C19H19F2N3O2/c1-12(25)22-10-13-4-5-17(23-11-13)18-3-2-6-24(18)19(26)14-7-15(20)9-16(21)8-14/h4-5,7-9,11,18H,2-3,6,10H2,1H3,(H,22,25)/t18-/m1/s1. The Hall–Kier alpha value is -2.83. The Kier molecular flexibility index (Phi) is 5.25. The molecule has 2 amide bonds. The molecule has 0 aliphatic carbocycles. The SMILES string of the molecule is CC(=O)NCc1ccc([C@H]2CCCN2C(=O)c2cc(F)cc(F)c2)nc1. The average Bonchev–Trinajstić information content (AvgIpc) is 3.08. The van der Waals surface area contributed by atoms with Gasteiger partial charge in [0.2, 0.25) is 5.91 Å². The minimum Gasteiger partial charge on any atom is -0.352 e. The molecule has 26 heavy (non-hydrogen) atoms. The van der Waals surface area contributed by atoms with Gasteiger partial charge >= 0.3 is 0 Å². The molecule has 1 aromatic carbocycles. The van der Waals surface area contributed by atoms with E-state index in [4.69, 9.17) is 0 Å². The fourth-order valence-electron chi connectivity index (χ4n) is 3.12. The van der Waals surface area contributed by atoms with Crippen molar-refractivity contribution in [2.75, 3.05) is 6.54 Å². The molecule has 1 aromatic heterocycles. The number of rotatable bonds is 4. The minimum atomic E-state index is -0.774. The fourth-order valence-corrected chi connectivity index (χ4v) is 3.12. The summed E-state index contributed by atoms with van der Waals surface area (Å²) in [6.45, 7) is 2.34. The first-order valence-corrected chi connectivity index (χ1v) is 8.40. The molecule has 3 rings (SSSR count). The largest absolute Gasteiger partial charge is 0.352 e. The molecule has 0 radical (unpaired) electrons. The molecule has 1 saturated heterocycles. The van der Waals surface area contributed by atoms with E-state index in [1.165, 1.54) is 6.92 Å². The van der Waals surface area contributed by atoms with Crippen molar-refractivity contribution in [2.45, 2.75) is 32.4 Å². The van der Waals surface area contributed by atoms with Crippen LogP contribution in [0.1, 0.15) is 47.4 Å². The van der Waals surface area contributed by atoms with Crippen molar-refractivity contribution in [1.82, 2.24) is 15.2 Å². The van der Waals surface area contributed by atoms with Crippen LogP contribution in [0.15, 0.2) is 36.5 Å². The number of hydrogen-bond acceptors (Lipinski definition) is 3. The predicted octanol–water partition coefficient (Wildman–Crippen LogP) is 2.97. The van der Waals surface area contributed by atoms with E-state index in [9.17, 15) is 18.4 Å². The topological polar surface area (TPSA) is 62.3 Å². The highest BCUT2D eigenvalue weighted by Crippen LogP contribution is 2.32. The van der Waals surface area contributed by atoms with Crippen molar-refractivity contribution < 1.29 is 18.4 Å². The van der Waals surface area contributed by atoms with E-state index in [2.05, 4.69) is 10.3 Å². The third-order valence-corrected chi connectivity index (χ3v) is 4.35. The molecule has 1 aliphatic rings. The second-order valence-corrected chi connectivity index (χ2v) is 6.32. The number of pyridine rings is 1. The molecule has 0 bridgehead atoms. The number of nitrogens with one attached hydrogen (secondary N) is 1. The Morgan fingerprint density at radius 2 is 1.96 bits per heavy atom. The highest BCUT2D eigenvalue weighted by atomic mass is 19.1. The van der Waals surface area contributed by atoms with Crippen LogP contribution in [0.25, 0.3) is 0 Å². The lowest BCUT2D eigenvalue weighted by atomic mass is 10.1. The van der Waals surface area contributed by atoms with Crippen molar-refractivity contribution in [3.05, 3.63) is 65.0 Å². The number of aromatic nitrogens is 1. The number of likely N-dealkylation sites (tertiary alicyclic amines) is 1. The molecule has 0 unspecified atom stereocenters. The lowest BCUT2D eigenvalue weighted by molar-refractivity contribution is -0.119. The van der Waals surface area contributed by atoms with Gasteiger partial charge in [0, 0.05) is 37.8 Å². The van der Waals surface area contributed by atoms with Crippen molar-refractivity contribution >= 4 is 11.8 Å². The van der Waals surface area contributed by atoms with Crippen LogP contribution in [0.2, 0.25) is 0 Å². The van der Waals surface area contributed by atoms with Crippen molar-refractivity contribution in [1.29, 1.82) is 0 Å². The van der Waals surface area contributed by atoms with Gasteiger partial charge in [0.05, 0.1) is 11.7 Å². The molecule has 0 spiro atoms. The van der Waals surface area contributed by atoms with Crippen molar-refractivity contribution in [3.63, 3.8) is 0 Å². The van der Waals surface area contributed by atoms with Gasteiger partial charge in [-0.25, -0.2) is 8.78 Å². The number of benzene rings is 1. The van der Waals surface area contributed by atoms with Gasteiger partial charge in [-0.3, -0.25) is 14.6 Å². The Bertz CT molecular complexity index is 804. The number of carbonyl (C=O) groups is 2. The molecule has 1 fully saturated rings. The molecule has 2 aromatic rings. The van der Waals surface area contributed by atoms with Crippen LogP contribution in [0, 0.1) is 11.6 Å². The summed E-state index contributed by atoms with van der Waals surface area (Å²) < 4.78 is 26.8. The Morgan fingerprint density at radius 3 is 2.58 bits per heavy atom. The summed E-state index contributed by atoms with van der Waals surface area (Å²) in [6, 6.07) is 6.27. The second kappa shape index (κ2) is 7.59. The highest BCUT2D eigenvalue weighted by Gasteiger charge is 2.31. The van der Waals surface area contributed by atoms with Gasteiger partial charge < -0.3 is 10.2 Å². The lowest BCUT2D eigenvalue weighted by Gasteiger charge is -2.24. The van der Waals surface area contributed by atoms with Crippen LogP contribution in [-0.2, 0) is 11.3 Å². The Morgan fingerprint density at radius 1 is 1.23 bits per heavy atom. The quantitative estimate of drug-likeness (QED) is 0.913. The van der Waals surface area contributed by atoms with Gasteiger partial charge in [-0.2, -0.15) is 0 Å². The number of halogens is 2. The van der Waals surface area contributed by atoms with E-state index < -0.39 is 17.5 Å². The zero-order chi connectivity index (χ0) is 18.7. The zero-order valence-electron chi connectivity index (χ0n) is 14.3. The van der Waals surface area contributed by atoms with E-state index in [1.807, 2.05) is 12.1 Å². The van der Waals surface area contributed by atoms with Gasteiger partial charge in [-0.1, -0.05) is 6.07 Å². The maximum atomic E-state index is 13.4. The van der Waals surface area contributed by atoms with Crippen LogP contribution in [0.3, 0.4) is 0 Å². The van der Waals surface area contributed by atoms with Crippen LogP contribution in [0.4, 0.5) is 8.78 Å². The summed E-state index contributed by atoms with van der Waals surface area (Å²) in [7, 11) is 0. The van der Waals surface area contributed by atoms with Crippen LogP contribution in [-0.4, -0.2) is 28.2 Å². The molecule has 2 heterocycles. The summed E-state index contributed by atoms with van der Waals surface area (Å²) in [5.41, 5.74) is 1.57. The van der Waals surface area contributed by atoms with Crippen LogP contribution in [0.5, 0.6) is 0 Å². The molecule has 1 aliphatic heterocycles. The molecule has 0 saturated carbocycles. The van der Waals surface area contributed by atoms with Crippen LogP contribution < -0.4 is 5.32 Å². The first-order valence-electron chi connectivity index (χ1n) is 8.40. The number of hydrogen-bond donors (Lipinski definition) is 1. The molecule has 1 atom stereocenters. The van der Waals surface area contributed by atoms with E-state index in [1.54, 1.807) is 11.1 Å². The van der Waals surface area contributed by atoms with E-state index >= 15 is 0 Å². The summed E-state index contributed by atoms with van der Waals surface area (Å²) in [5, 5.41) is 2.70. The number of carbonyl (C=O) groups excluding carboxylic acids is 2. The third kappa shape index (κ3) is 4.04. The van der Waals surface area contributed by atoms with Crippen LogP contribution >= 0.6 is 0 Å². The Labute approximate surface area is 150 Å². The first-order chi connectivity index (χ1) is 12.4. The van der Waals surface area contributed by atoms with E-state index in [0.29, 0.717) is 13.1 Å². The summed E-state index contributed by atoms with van der Waals surface area (Å²) >= 11 is 0. The maximum Gasteiger partial charge on any atom is 0.254 e. The number of amides is 2. The predicted molar refractivity (Wildman–Crippen MR) is 91.1 cm³/mol. The molecule has 5 nitrogen and oxygen atoms in total. The first kappa shape index (κ1) is 18.0. The van der Waals surface area contributed by atoms with Gasteiger partial charge in [0.1, 0.15) is 11.6 Å². The van der Waals surface area contributed by atoms with Gasteiger partial charge in [-0.15, -0.1) is 0 Å². The minimum absolute atomic E-state index is 0.00308. The highest BCUT2D eigenvalue weighted by molar-refractivity contribution is 5.94. The van der Waals surface area contributed by atoms with Gasteiger partial charge in [-0.05, 0) is 36.6 Å². The molecule has 1 N–H and O–H groups in total. The van der Waals surface area contributed by atoms with E-state index in [-0.39, 0.29) is 17.5 Å². The molecular formula is C19H19F2N3O2. The monoisotopic (exact) mass is 359 g/mol.